The SMILES string of the molecule is CCS(=O)(=O)N(CC(=O)N(Cc1c(Cl)cccc1Cl)[C@@H](Cc1ccccc1)C(=O)NC(C)C)c1ccc2c(c1)OCCO2. The van der Waals surface area contributed by atoms with E-state index in [-0.39, 0.29) is 36.4 Å². The van der Waals surface area contributed by atoms with Gasteiger partial charge in [0.25, 0.3) is 0 Å². The van der Waals surface area contributed by atoms with Crippen molar-refractivity contribution in [2.24, 2.45) is 0 Å². The molecule has 1 N–H and O–H groups in total. The molecule has 1 aliphatic heterocycles. The lowest BCUT2D eigenvalue weighted by molar-refractivity contribution is -0.140. The zero-order valence-electron chi connectivity index (χ0n) is 24.3. The summed E-state index contributed by atoms with van der Waals surface area (Å²) in [5.41, 5.74) is 1.50. The molecule has 0 radical (unpaired) electrons. The molecule has 230 valence electrons. The van der Waals surface area contributed by atoms with E-state index < -0.39 is 28.5 Å². The normalized spacial score (nSPS) is 13.3. The van der Waals surface area contributed by atoms with Crippen molar-refractivity contribution in [2.75, 3.05) is 29.8 Å². The highest BCUT2D eigenvalue weighted by atomic mass is 35.5. The van der Waals surface area contributed by atoms with Crippen molar-refractivity contribution >= 4 is 50.7 Å². The van der Waals surface area contributed by atoms with E-state index in [1.807, 2.05) is 44.2 Å². The fourth-order valence-corrected chi connectivity index (χ4v) is 6.27. The van der Waals surface area contributed by atoms with Gasteiger partial charge < -0.3 is 19.7 Å². The van der Waals surface area contributed by atoms with Crippen LogP contribution in [-0.4, -0.2) is 62.7 Å². The van der Waals surface area contributed by atoms with Crippen LogP contribution in [0.5, 0.6) is 11.5 Å². The minimum atomic E-state index is -3.94. The summed E-state index contributed by atoms with van der Waals surface area (Å²) in [7, 11) is -3.94. The molecule has 3 aromatic rings. The van der Waals surface area contributed by atoms with Gasteiger partial charge in [0, 0.05) is 40.7 Å². The second-order valence-corrected chi connectivity index (χ2v) is 13.3. The van der Waals surface area contributed by atoms with E-state index in [4.69, 9.17) is 32.7 Å². The van der Waals surface area contributed by atoms with Crippen molar-refractivity contribution in [1.29, 1.82) is 0 Å². The number of nitrogens with zero attached hydrogens (tertiary/aromatic N) is 2. The molecule has 3 aromatic carbocycles. The molecule has 0 aliphatic carbocycles. The fraction of sp³-hybridized carbons (Fsp3) is 0.355. The number of hydrogen-bond donors (Lipinski definition) is 1. The van der Waals surface area contributed by atoms with Crippen molar-refractivity contribution in [1.82, 2.24) is 10.2 Å². The van der Waals surface area contributed by atoms with Crippen LogP contribution in [-0.2, 0) is 32.6 Å². The van der Waals surface area contributed by atoms with Crippen LogP contribution in [0.2, 0.25) is 10.0 Å². The van der Waals surface area contributed by atoms with Crippen LogP contribution in [0, 0.1) is 0 Å². The van der Waals surface area contributed by atoms with Gasteiger partial charge in [-0.25, -0.2) is 8.42 Å². The van der Waals surface area contributed by atoms with Gasteiger partial charge in [0.1, 0.15) is 25.8 Å². The molecule has 0 unspecified atom stereocenters. The number of benzene rings is 3. The zero-order chi connectivity index (χ0) is 31.1. The lowest BCUT2D eigenvalue weighted by atomic mass is 10.0. The minimum Gasteiger partial charge on any atom is -0.486 e. The van der Waals surface area contributed by atoms with Gasteiger partial charge in [-0.3, -0.25) is 13.9 Å². The van der Waals surface area contributed by atoms with Crippen LogP contribution < -0.4 is 19.1 Å². The van der Waals surface area contributed by atoms with Crippen molar-refractivity contribution < 1.29 is 27.5 Å². The summed E-state index contributed by atoms with van der Waals surface area (Å²) in [6.45, 7) is 5.15. The number of sulfonamides is 1. The zero-order valence-corrected chi connectivity index (χ0v) is 26.6. The number of anilines is 1. The molecule has 0 aromatic heterocycles. The highest BCUT2D eigenvalue weighted by molar-refractivity contribution is 7.92. The molecule has 0 bridgehead atoms. The molecule has 0 saturated heterocycles. The molecule has 12 heteroatoms. The molecule has 0 saturated carbocycles. The monoisotopic (exact) mass is 647 g/mol. The summed E-state index contributed by atoms with van der Waals surface area (Å²) in [6.07, 6.45) is 0.178. The number of amides is 2. The highest BCUT2D eigenvalue weighted by Gasteiger charge is 2.35. The number of halogens is 2. The minimum absolute atomic E-state index is 0.124. The quantitative estimate of drug-likeness (QED) is 0.294. The predicted octanol–water partition coefficient (Wildman–Crippen LogP) is 5.09. The van der Waals surface area contributed by atoms with Crippen LogP contribution >= 0.6 is 23.2 Å². The van der Waals surface area contributed by atoms with E-state index in [1.54, 1.807) is 30.3 Å². The number of carbonyl (C=O) groups is 2. The first kappa shape index (κ1) is 32.4. The van der Waals surface area contributed by atoms with Gasteiger partial charge >= 0.3 is 0 Å². The summed E-state index contributed by atoms with van der Waals surface area (Å²) in [5, 5.41) is 3.55. The van der Waals surface area contributed by atoms with Crippen molar-refractivity contribution in [3.8, 4) is 11.5 Å². The number of ether oxygens (including phenoxy) is 2. The number of hydrogen-bond acceptors (Lipinski definition) is 6. The molecule has 9 nitrogen and oxygen atoms in total. The van der Waals surface area contributed by atoms with Crippen molar-refractivity contribution in [3.05, 3.63) is 87.9 Å². The number of carbonyl (C=O) groups excluding carboxylic acids is 2. The van der Waals surface area contributed by atoms with Gasteiger partial charge in [-0.05, 0) is 50.6 Å². The van der Waals surface area contributed by atoms with E-state index in [9.17, 15) is 18.0 Å². The summed E-state index contributed by atoms with van der Waals surface area (Å²) < 4.78 is 39.1. The Bertz CT molecular complexity index is 1530. The second-order valence-electron chi connectivity index (χ2n) is 10.3. The lowest BCUT2D eigenvalue weighted by Gasteiger charge is -2.34. The summed E-state index contributed by atoms with van der Waals surface area (Å²) in [5.74, 6) is -0.391. The Kier molecular flexibility index (Phi) is 10.8. The maximum absolute atomic E-state index is 14.3. The summed E-state index contributed by atoms with van der Waals surface area (Å²) in [6, 6.07) is 17.8. The molecule has 0 spiro atoms. The van der Waals surface area contributed by atoms with Gasteiger partial charge in [0.2, 0.25) is 21.8 Å². The van der Waals surface area contributed by atoms with E-state index in [2.05, 4.69) is 5.32 Å². The van der Waals surface area contributed by atoms with Gasteiger partial charge in [0.05, 0.1) is 11.4 Å². The Balaban J connectivity index is 1.78. The van der Waals surface area contributed by atoms with Gasteiger partial charge in [-0.1, -0.05) is 59.6 Å². The summed E-state index contributed by atoms with van der Waals surface area (Å²) in [4.78, 5) is 29.4. The topological polar surface area (TPSA) is 105 Å². The van der Waals surface area contributed by atoms with Crippen molar-refractivity contribution in [2.45, 2.75) is 45.8 Å². The number of fused-ring (bicyclic) bond motifs is 1. The molecule has 0 fully saturated rings. The Morgan fingerprint density at radius 1 is 0.930 bits per heavy atom. The third kappa shape index (κ3) is 8.13. The maximum Gasteiger partial charge on any atom is 0.244 e. The number of rotatable bonds is 12. The molecule has 4 rings (SSSR count). The van der Waals surface area contributed by atoms with Gasteiger partial charge in [0.15, 0.2) is 11.5 Å². The molecule has 2 amide bonds. The fourth-order valence-electron chi connectivity index (χ4n) is 4.70. The molecule has 1 heterocycles. The molecular formula is C31H35Cl2N3O6S. The Hall–Kier alpha value is -3.47. The first-order chi connectivity index (χ1) is 20.5. The average molecular weight is 649 g/mol. The van der Waals surface area contributed by atoms with Crippen LogP contribution in [0.1, 0.15) is 31.9 Å². The lowest BCUT2D eigenvalue weighted by Crippen LogP contribution is -2.54. The standard InChI is InChI=1S/C31H35Cl2N3O6S/c1-4-43(39,40)36(23-13-14-28-29(18-23)42-16-15-41-28)20-30(37)35(19-24-25(32)11-8-12-26(24)33)27(31(38)34-21(2)3)17-22-9-6-5-7-10-22/h5-14,18,21,27H,4,15-17,19-20H2,1-3H3,(H,34,38)/t27-/m0/s1. The Morgan fingerprint density at radius 2 is 1.58 bits per heavy atom. The molecular weight excluding hydrogens is 613 g/mol. The first-order valence-electron chi connectivity index (χ1n) is 14.0. The second kappa shape index (κ2) is 14.3. The van der Waals surface area contributed by atoms with Gasteiger partial charge in [-0.2, -0.15) is 0 Å². The molecule has 43 heavy (non-hydrogen) atoms. The van der Waals surface area contributed by atoms with Crippen LogP contribution in [0.4, 0.5) is 5.69 Å². The van der Waals surface area contributed by atoms with E-state index in [0.29, 0.717) is 40.3 Å². The molecule has 1 aliphatic rings. The highest BCUT2D eigenvalue weighted by Crippen LogP contribution is 2.35. The first-order valence-corrected chi connectivity index (χ1v) is 16.3. The van der Waals surface area contributed by atoms with E-state index >= 15 is 0 Å². The van der Waals surface area contributed by atoms with Gasteiger partial charge in [-0.15, -0.1) is 0 Å². The third-order valence-corrected chi connectivity index (χ3v) is 9.33. The summed E-state index contributed by atoms with van der Waals surface area (Å²) >= 11 is 13.0. The third-order valence-electron chi connectivity index (χ3n) is 6.89. The average Bonchev–Trinajstić information content (AvgIpc) is 2.98. The van der Waals surface area contributed by atoms with Crippen LogP contribution in [0.3, 0.4) is 0 Å². The van der Waals surface area contributed by atoms with Crippen LogP contribution in [0.25, 0.3) is 0 Å². The Labute approximate surface area is 262 Å². The van der Waals surface area contributed by atoms with Crippen LogP contribution in [0.15, 0.2) is 66.7 Å². The largest absolute Gasteiger partial charge is 0.486 e. The molecule has 1 atom stereocenters. The Morgan fingerprint density at radius 3 is 2.21 bits per heavy atom. The smallest absolute Gasteiger partial charge is 0.244 e. The van der Waals surface area contributed by atoms with Crippen molar-refractivity contribution in [3.63, 3.8) is 0 Å². The van der Waals surface area contributed by atoms with E-state index in [0.717, 1.165) is 9.87 Å². The van der Waals surface area contributed by atoms with E-state index in [1.165, 1.54) is 17.9 Å². The predicted molar refractivity (Wildman–Crippen MR) is 168 cm³/mol. The maximum atomic E-state index is 14.3. The number of nitrogens with one attached hydrogen (secondary N) is 1.